The Labute approximate surface area is 193 Å². The van der Waals surface area contributed by atoms with Crippen molar-refractivity contribution in [1.82, 2.24) is 9.55 Å². The number of hydrogen-bond acceptors (Lipinski definition) is 3. The van der Waals surface area contributed by atoms with Gasteiger partial charge in [-0.2, -0.15) is 0 Å². The van der Waals surface area contributed by atoms with Gasteiger partial charge in [0.2, 0.25) is 0 Å². The zero-order valence-corrected chi connectivity index (χ0v) is 20.9. The van der Waals surface area contributed by atoms with Gasteiger partial charge in [-0.3, -0.25) is 0 Å². The molecule has 0 aliphatic heterocycles. The quantitative estimate of drug-likeness (QED) is 0.343. The molecule has 5 heteroatoms. The van der Waals surface area contributed by atoms with Crippen molar-refractivity contribution in [3.63, 3.8) is 0 Å². The normalized spacial score (nSPS) is 15.6. The zero-order valence-electron chi connectivity index (χ0n) is 18.5. The molecule has 30 heavy (non-hydrogen) atoms. The van der Waals surface area contributed by atoms with Crippen LogP contribution in [0.2, 0.25) is 0 Å². The molecule has 1 fully saturated rings. The molecule has 3 aromatic rings. The smallest absolute Gasteiger partial charge is 0.115 e. The van der Waals surface area contributed by atoms with Gasteiger partial charge in [-0.05, 0) is 73.2 Å². The molecule has 2 aromatic carbocycles. The number of anilines is 1. The fraction of sp³-hybridized carbons (Fsp3) is 0.480. The Morgan fingerprint density at radius 2 is 1.77 bits per heavy atom. The van der Waals surface area contributed by atoms with Crippen LogP contribution in [0.25, 0.3) is 11.0 Å². The standard InChI is InChI=1S/C25H32BrN3S/c1-25(2,3)24-27-22-16-20(28(4)30-21-13-10-19(26)11-14-21)12-15-23(22)29(24)17-18-8-6-5-7-9-18/h10-16,18H,5-9,17H2,1-4H3. The van der Waals surface area contributed by atoms with E-state index in [-0.39, 0.29) is 5.41 Å². The lowest BCUT2D eigenvalue weighted by Crippen LogP contribution is -2.22. The van der Waals surface area contributed by atoms with Gasteiger partial charge in [-0.1, -0.05) is 56.0 Å². The highest BCUT2D eigenvalue weighted by atomic mass is 79.9. The first-order valence-corrected chi connectivity index (χ1v) is 12.6. The van der Waals surface area contributed by atoms with Crippen molar-refractivity contribution in [3.8, 4) is 0 Å². The zero-order chi connectivity index (χ0) is 21.3. The molecule has 0 unspecified atom stereocenters. The number of benzene rings is 2. The monoisotopic (exact) mass is 485 g/mol. The maximum absolute atomic E-state index is 5.13. The number of imidazole rings is 1. The molecule has 0 amide bonds. The van der Waals surface area contributed by atoms with Crippen molar-refractivity contribution in [1.29, 1.82) is 0 Å². The molecule has 160 valence electrons. The minimum atomic E-state index is 0.0337. The number of rotatable bonds is 5. The maximum Gasteiger partial charge on any atom is 0.115 e. The predicted octanol–water partition coefficient (Wildman–Crippen LogP) is 7.82. The van der Waals surface area contributed by atoms with Gasteiger partial charge in [-0.25, -0.2) is 4.98 Å². The molecule has 1 aliphatic carbocycles. The summed E-state index contributed by atoms with van der Waals surface area (Å²) in [4.78, 5) is 6.35. The second-order valence-corrected chi connectivity index (χ2v) is 11.6. The third kappa shape index (κ3) is 4.88. The first-order valence-electron chi connectivity index (χ1n) is 11.0. The average Bonchev–Trinajstić information content (AvgIpc) is 3.08. The highest BCUT2D eigenvalue weighted by Gasteiger charge is 2.25. The predicted molar refractivity (Wildman–Crippen MR) is 133 cm³/mol. The largest absolute Gasteiger partial charge is 0.327 e. The third-order valence-electron chi connectivity index (χ3n) is 5.99. The Kier molecular flexibility index (Phi) is 6.50. The summed E-state index contributed by atoms with van der Waals surface area (Å²) in [7, 11) is 2.12. The molecular formula is C25H32BrN3S. The topological polar surface area (TPSA) is 21.1 Å². The molecule has 1 saturated carbocycles. The Morgan fingerprint density at radius 3 is 2.43 bits per heavy atom. The Hall–Kier alpha value is -1.46. The average molecular weight is 487 g/mol. The van der Waals surface area contributed by atoms with E-state index >= 15 is 0 Å². The fourth-order valence-electron chi connectivity index (χ4n) is 4.41. The second-order valence-electron chi connectivity index (χ2n) is 9.52. The van der Waals surface area contributed by atoms with Crippen molar-refractivity contribution >= 4 is 44.6 Å². The van der Waals surface area contributed by atoms with Gasteiger partial charge in [0.25, 0.3) is 0 Å². The Morgan fingerprint density at radius 1 is 1.07 bits per heavy atom. The fourth-order valence-corrected chi connectivity index (χ4v) is 5.46. The van der Waals surface area contributed by atoms with Crippen LogP contribution < -0.4 is 4.31 Å². The van der Waals surface area contributed by atoms with Gasteiger partial charge in [0, 0.05) is 34.1 Å². The van der Waals surface area contributed by atoms with E-state index in [4.69, 9.17) is 4.98 Å². The first kappa shape index (κ1) is 21.8. The van der Waals surface area contributed by atoms with Crippen molar-refractivity contribution in [2.45, 2.75) is 69.7 Å². The summed E-state index contributed by atoms with van der Waals surface area (Å²) >= 11 is 5.25. The molecular weight excluding hydrogens is 454 g/mol. The van der Waals surface area contributed by atoms with Crippen LogP contribution in [0.1, 0.15) is 58.7 Å². The molecule has 4 rings (SSSR count). The van der Waals surface area contributed by atoms with E-state index in [0.29, 0.717) is 0 Å². The van der Waals surface area contributed by atoms with E-state index in [1.807, 2.05) is 0 Å². The van der Waals surface area contributed by atoms with E-state index in [0.717, 1.165) is 22.5 Å². The molecule has 0 radical (unpaired) electrons. The molecule has 0 bridgehead atoms. The number of aromatic nitrogens is 2. The molecule has 1 aliphatic rings. The lowest BCUT2D eigenvalue weighted by molar-refractivity contribution is 0.313. The van der Waals surface area contributed by atoms with Gasteiger partial charge < -0.3 is 8.87 Å². The number of nitrogens with zero attached hydrogens (tertiary/aromatic N) is 3. The van der Waals surface area contributed by atoms with E-state index < -0.39 is 0 Å². The summed E-state index contributed by atoms with van der Waals surface area (Å²) in [5.74, 6) is 2.00. The van der Waals surface area contributed by atoms with Crippen molar-refractivity contribution < 1.29 is 0 Å². The van der Waals surface area contributed by atoms with Crippen LogP contribution in [-0.2, 0) is 12.0 Å². The van der Waals surface area contributed by atoms with E-state index in [1.165, 1.54) is 54.0 Å². The van der Waals surface area contributed by atoms with E-state index in [9.17, 15) is 0 Å². The second kappa shape index (κ2) is 8.96. The summed E-state index contributed by atoms with van der Waals surface area (Å²) in [6, 6.07) is 15.2. The van der Waals surface area contributed by atoms with Crippen molar-refractivity contribution in [2.24, 2.45) is 5.92 Å². The molecule has 0 atom stereocenters. The van der Waals surface area contributed by atoms with Crippen LogP contribution >= 0.6 is 27.9 Å². The summed E-state index contributed by atoms with van der Waals surface area (Å²) in [5.41, 5.74) is 3.59. The van der Waals surface area contributed by atoms with Crippen LogP contribution in [0.4, 0.5) is 5.69 Å². The molecule has 0 spiro atoms. The summed E-state index contributed by atoms with van der Waals surface area (Å²) < 4.78 is 5.84. The summed E-state index contributed by atoms with van der Waals surface area (Å²) in [6.07, 6.45) is 6.87. The maximum atomic E-state index is 5.13. The van der Waals surface area contributed by atoms with Gasteiger partial charge in [0.1, 0.15) is 5.82 Å². The van der Waals surface area contributed by atoms with Gasteiger partial charge in [0.15, 0.2) is 0 Å². The van der Waals surface area contributed by atoms with E-state index in [2.05, 4.69) is 95.1 Å². The van der Waals surface area contributed by atoms with Gasteiger partial charge in [0.05, 0.1) is 11.0 Å². The van der Waals surface area contributed by atoms with Crippen LogP contribution in [0, 0.1) is 5.92 Å². The van der Waals surface area contributed by atoms with Crippen molar-refractivity contribution in [2.75, 3.05) is 11.4 Å². The third-order valence-corrected chi connectivity index (χ3v) is 7.48. The summed E-state index contributed by atoms with van der Waals surface area (Å²) in [6.45, 7) is 7.94. The van der Waals surface area contributed by atoms with Crippen LogP contribution in [0.15, 0.2) is 51.8 Å². The van der Waals surface area contributed by atoms with Gasteiger partial charge in [-0.15, -0.1) is 0 Å². The van der Waals surface area contributed by atoms with Crippen molar-refractivity contribution in [3.05, 3.63) is 52.8 Å². The highest BCUT2D eigenvalue weighted by molar-refractivity contribution is 9.10. The van der Waals surface area contributed by atoms with Crippen LogP contribution in [0.5, 0.6) is 0 Å². The Bertz CT molecular complexity index is 998. The summed E-state index contributed by atoms with van der Waals surface area (Å²) in [5, 5.41) is 0. The van der Waals surface area contributed by atoms with Crippen LogP contribution in [-0.4, -0.2) is 16.6 Å². The number of halogens is 1. The molecule has 3 nitrogen and oxygen atoms in total. The van der Waals surface area contributed by atoms with E-state index in [1.54, 1.807) is 11.9 Å². The van der Waals surface area contributed by atoms with Gasteiger partial charge >= 0.3 is 0 Å². The van der Waals surface area contributed by atoms with Crippen LogP contribution in [0.3, 0.4) is 0 Å². The molecule has 1 heterocycles. The lowest BCUT2D eigenvalue weighted by Gasteiger charge is -2.26. The Balaban J connectivity index is 1.64. The first-order chi connectivity index (χ1) is 14.3. The molecule has 1 aromatic heterocycles. The SMILES string of the molecule is CN(Sc1ccc(Br)cc1)c1ccc2c(c1)nc(C(C)(C)C)n2CC1CCCCC1. The highest BCUT2D eigenvalue weighted by Crippen LogP contribution is 2.34. The molecule has 0 saturated heterocycles. The minimum absolute atomic E-state index is 0.0337. The molecule has 0 N–H and O–H groups in total. The number of fused-ring (bicyclic) bond motifs is 1. The number of hydrogen-bond donors (Lipinski definition) is 0. The lowest BCUT2D eigenvalue weighted by atomic mass is 9.88. The minimum Gasteiger partial charge on any atom is -0.327 e.